The SMILES string of the molecule is CCN(CC(=O)NC(C)C)C(=O)CCc1nc(C2(NC(C)=O)CCCCCC2)no1. The molecule has 1 saturated carbocycles. The lowest BCUT2D eigenvalue weighted by Crippen LogP contribution is -2.45. The standard InChI is InChI=1S/C21H35N5O4/c1-5-26(14-17(28)22-15(2)3)19(29)11-10-18-23-20(25-30-18)21(24-16(4)27)12-8-6-7-9-13-21/h15H,5-14H2,1-4H3,(H,22,28)(H,24,27). The van der Waals surface area contributed by atoms with Crippen LogP contribution in [0.25, 0.3) is 0 Å². The highest BCUT2D eigenvalue weighted by Gasteiger charge is 2.38. The van der Waals surface area contributed by atoms with E-state index in [-0.39, 0.29) is 36.7 Å². The molecule has 1 aliphatic rings. The molecule has 2 rings (SSSR count). The summed E-state index contributed by atoms with van der Waals surface area (Å²) in [6.07, 6.45) is 6.26. The van der Waals surface area contributed by atoms with E-state index in [0.717, 1.165) is 38.5 Å². The Morgan fingerprint density at radius 1 is 1.17 bits per heavy atom. The van der Waals surface area contributed by atoms with Crippen molar-refractivity contribution in [2.24, 2.45) is 0 Å². The van der Waals surface area contributed by atoms with Gasteiger partial charge in [-0.15, -0.1) is 0 Å². The van der Waals surface area contributed by atoms with Gasteiger partial charge in [-0.3, -0.25) is 14.4 Å². The van der Waals surface area contributed by atoms with Gasteiger partial charge in [-0.2, -0.15) is 4.98 Å². The molecule has 0 saturated heterocycles. The minimum absolute atomic E-state index is 0.0306. The summed E-state index contributed by atoms with van der Waals surface area (Å²) in [5.41, 5.74) is -0.599. The molecule has 1 heterocycles. The molecule has 1 fully saturated rings. The molecule has 0 aromatic carbocycles. The Balaban J connectivity index is 2.00. The molecule has 0 unspecified atom stereocenters. The Kier molecular flexibility index (Phi) is 8.80. The van der Waals surface area contributed by atoms with Crippen LogP contribution in [-0.2, 0) is 26.3 Å². The maximum absolute atomic E-state index is 12.5. The molecule has 0 bridgehead atoms. The molecule has 1 aliphatic carbocycles. The average molecular weight is 422 g/mol. The highest BCUT2D eigenvalue weighted by molar-refractivity contribution is 5.84. The van der Waals surface area contributed by atoms with Crippen LogP contribution in [0.5, 0.6) is 0 Å². The summed E-state index contributed by atoms with van der Waals surface area (Å²) in [6.45, 7) is 7.59. The molecular formula is C21H35N5O4. The van der Waals surface area contributed by atoms with E-state index in [0.29, 0.717) is 24.7 Å². The minimum atomic E-state index is -0.599. The van der Waals surface area contributed by atoms with Gasteiger partial charge in [0.15, 0.2) is 5.82 Å². The molecule has 0 spiro atoms. The van der Waals surface area contributed by atoms with Crippen molar-refractivity contribution in [1.82, 2.24) is 25.7 Å². The fourth-order valence-electron chi connectivity index (χ4n) is 3.91. The van der Waals surface area contributed by atoms with Crippen molar-refractivity contribution < 1.29 is 18.9 Å². The van der Waals surface area contributed by atoms with Crippen LogP contribution in [0.4, 0.5) is 0 Å². The van der Waals surface area contributed by atoms with E-state index in [1.807, 2.05) is 20.8 Å². The van der Waals surface area contributed by atoms with Crippen molar-refractivity contribution >= 4 is 17.7 Å². The minimum Gasteiger partial charge on any atom is -0.352 e. The second-order valence-electron chi connectivity index (χ2n) is 8.32. The highest BCUT2D eigenvalue weighted by Crippen LogP contribution is 2.34. The molecule has 2 N–H and O–H groups in total. The maximum atomic E-state index is 12.5. The third kappa shape index (κ3) is 6.81. The topological polar surface area (TPSA) is 117 Å². The summed E-state index contributed by atoms with van der Waals surface area (Å²) in [5.74, 6) is 0.436. The lowest BCUT2D eigenvalue weighted by atomic mass is 9.89. The van der Waals surface area contributed by atoms with Crippen LogP contribution in [-0.4, -0.2) is 51.9 Å². The number of aromatic nitrogens is 2. The smallest absolute Gasteiger partial charge is 0.239 e. The Bertz CT molecular complexity index is 723. The molecule has 0 radical (unpaired) electrons. The maximum Gasteiger partial charge on any atom is 0.239 e. The summed E-state index contributed by atoms with van der Waals surface area (Å²) in [6, 6.07) is 0.0306. The Labute approximate surface area is 178 Å². The number of aryl methyl sites for hydroxylation is 1. The third-order valence-corrected chi connectivity index (χ3v) is 5.34. The normalized spacial score (nSPS) is 16.0. The third-order valence-electron chi connectivity index (χ3n) is 5.34. The Morgan fingerprint density at radius 2 is 1.83 bits per heavy atom. The number of hydrogen-bond acceptors (Lipinski definition) is 6. The lowest BCUT2D eigenvalue weighted by Gasteiger charge is -2.30. The van der Waals surface area contributed by atoms with Crippen LogP contribution in [0.3, 0.4) is 0 Å². The van der Waals surface area contributed by atoms with E-state index in [9.17, 15) is 14.4 Å². The fraction of sp³-hybridized carbons (Fsp3) is 0.762. The van der Waals surface area contributed by atoms with Crippen LogP contribution in [0.2, 0.25) is 0 Å². The van der Waals surface area contributed by atoms with Gasteiger partial charge in [0.1, 0.15) is 5.54 Å². The zero-order chi connectivity index (χ0) is 22.1. The van der Waals surface area contributed by atoms with E-state index in [2.05, 4.69) is 20.8 Å². The first-order valence-electron chi connectivity index (χ1n) is 10.9. The first-order valence-corrected chi connectivity index (χ1v) is 10.9. The van der Waals surface area contributed by atoms with Gasteiger partial charge in [-0.1, -0.05) is 30.8 Å². The molecule has 9 nitrogen and oxygen atoms in total. The predicted molar refractivity (Wildman–Crippen MR) is 111 cm³/mol. The predicted octanol–water partition coefficient (Wildman–Crippen LogP) is 2.06. The van der Waals surface area contributed by atoms with Crippen LogP contribution in [0, 0.1) is 0 Å². The second-order valence-corrected chi connectivity index (χ2v) is 8.32. The molecular weight excluding hydrogens is 386 g/mol. The summed E-state index contributed by atoms with van der Waals surface area (Å²) in [5, 5.41) is 9.98. The van der Waals surface area contributed by atoms with Crippen molar-refractivity contribution in [1.29, 1.82) is 0 Å². The largest absolute Gasteiger partial charge is 0.352 e. The van der Waals surface area contributed by atoms with Gasteiger partial charge < -0.3 is 20.1 Å². The number of nitrogens with one attached hydrogen (secondary N) is 2. The van der Waals surface area contributed by atoms with Crippen molar-refractivity contribution in [3.63, 3.8) is 0 Å². The number of likely N-dealkylation sites (N-methyl/N-ethyl adjacent to an activating group) is 1. The van der Waals surface area contributed by atoms with Crippen molar-refractivity contribution in [2.75, 3.05) is 13.1 Å². The molecule has 9 heteroatoms. The molecule has 0 aliphatic heterocycles. The monoisotopic (exact) mass is 421 g/mol. The molecule has 0 atom stereocenters. The molecule has 1 aromatic rings. The van der Waals surface area contributed by atoms with Gasteiger partial charge in [0.2, 0.25) is 23.6 Å². The summed E-state index contributed by atoms with van der Waals surface area (Å²) < 4.78 is 5.40. The van der Waals surface area contributed by atoms with Gasteiger partial charge in [0, 0.05) is 32.4 Å². The Morgan fingerprint density at radius 3 is 2.40 bits per heavy atom. The van der Waals surface area contributed by atoms with Crippen LogP contribution in [0.1, 0.15) is 84.4 Å². The average Bonchev–Trinajstić information content (AvgIpc) is 3.03. The van der Waals surface area contributed by atoms with E-state index in [1.54, 1.807) is 0 Å². The number of carbonyl (C=O) groups is 3. The van der Waals surface area contributed by atoms with Gasteiger partial charge in [0.25, 0.3) is 0 Å². The van der Waals surface area contributed by atoms with Crippen molar-refractivity contribution in [2.45, 2.75) is 90.6 Å². The zero-order valence-electron chi connectivity index (χ0n) is 18.6. The fourth-order valence-corrected chi connectivity index (χ4v) is 3.91. The lowest BCUT2D eigenvalue weighted by molar-refractivity contribution is -0.136. The number of nitrogens with zero attached hydrogens (tertiary/aromatic N) is 3. The number of rotatable bonds is 9. The zero-order valence-corrected chi connectivity index (χ0v) is 18.6. The first-order chi connectivity index (χ1) is 14.3. The van der Waals surface area contributed by atoms with Crippen LogP contribution < -0.4 is 10.6 Å². The highest BCUT2D eigenvalue weighted by atomic mass is 16.5. The number of carbonyl (C=O) groups excluding carboxylic acids is 3. The van der Waals surface area contributed by atoms with Crippen molar-refractivity contribution in [3.05, 3.63) is 11.7 Å². The molecule has 168 valence electrons. The summed E-state index contributed by atoms with van der Waals surface area (Å²) in [4.78, 5) is 42.3. The van der Waals surface area contributed by atoms with Gasteiger partial charge in [-0.05, 0) is 33.6 Å². The van der Waals surface area contributed by atoms with E-state index >= 15 is 0 Å². The number of hydrogen-bond donors (Lipinski definition) is 2. The number of amides is 3. The van der Waals surface area contributed by atoms with Crippen LogP contribution >= 0.6 is 0 Å². The first kappa shape index (κ1) is 23.8. The van der Waals surface area contributed by atoms with Gasteiger partial charge >= 0.3 is 0 Å². The summed E-state index contributed by atoms with van der Waals surface area (Å²) >= 11 is 0. The quantitative estimate of drug-likeness (QED) is 0.590. The van der Waals surface area contributed by atoms with Gasteiger partial charge in [-0.25, -0.2) is 0 Å². The second kappa shape index (κ2) is 11.1. The van der Waals surface area contributed by atoms with E-state index < -0.39 is 5.54 Å². The van der Waals surface area contributed by atoms with E-state index in [1.165, 1.54) is 11.8 Å². The molecule has 30 heavy (non-hydrogen) atoms. The van der Waals surface area contributed by atoms with E-state index in [4.69, 9.17) is 4.52 Å². The summed E-state index contributed by atoms with van der Waals surface area (Å²) in [7, 11) is 0. The van der Waals surface area contributed by atoms with Crippen molar-refractivity contribution in [3.8, 4) is 0 Å². The molecule has 3 amide bonds. The van der Waals surface area contributed by atoms with Crippen LogP contribution in [0.15, 0.2) is 4.52 Å². The molecule has 1 aromatic heterocycles. The van der Waals surface area contributed by atoms with Gasteiger partial charge in [0.05, 0.1) is 6.54 Å². The Hall–Kier alpha value is -2.45.